The smallest absolute Gasteiger partial charge is 0.331 e. The summed E-state index contributed by atoms with van der Waals surface area (Å²) in [5.41, 5.74) is 0. The predicted molar refractivity (Wildman–Crippen MR) is 51.6 cm³/mol. The zero-order chi connectivity index (χ0) is 10.8. The Morgan fingerprint density at radius 1 is 1.07 bits per heavy atom. The molecule has 0 heterocycles. The SMILES string of the molecule is CCCCOC(=O)/C=C/C(=O)OCC. The fourth-order valence-corrected chi connectivity index (χ4v) is 0.692. The molecule has 0 aromatic rings. The second-order valence-corrected chi connectivity index (χ2v) is 2.61. The molecule has 0 aliphatic rings. The van der Waals surface area contributed by atoms with Crippen molar-refractivity contribution in [2.75, 3.05) is 13.2 Å². The van der Waals surface area contributed by atoms with E-state index < -0.39 is 11.9 Å². The first-order chi connectivity index (χ1) is 6.70. The first kappa shape index (κ1) is 12.7. The number of esters is 2. The standard InChI is InChI=1S/C10H16O4/c1-3-5-8-14-10(12)7-6-9(11)13-4-2/h6-7H,3-5,8H2,1-2H3/b7-6+. The van der Waals surface area contributed by atoms with Gasteiger partial charge in [0.15, 0.2) is 0 Å². The van der Waals surface area contributed by atoms with Crippen LogP contribution in [0.4, 0.5) is 0 Å². The van der Waals surface area contributed by atoms with Crippen molar-refractivity contribution in [3.63, 3.8) is 0 Å². The molecule has 0 aromatic carbocycles. The number of carbonyl (C=O) groups excluding carboxylic acids is 2. The number of ether oxygens (including phenoxy) is 2. The van der Waals surface area contributed by atoms with Crippen molar-refractivity contribution in [3.05, 3.63) is 12.2 Å². The highest BCUT2D eigenvalue weighted by Crippen LogP contribution is 1.90. The number of hydrogen-bond donors (Lipinski definition) is 0. The molecule has 0 saturated heterocycles. The fraction of sp³-hybridized carbons (Fsp3) is 0.600. The van der Waals surface area contributed by atoms with Gasteiger partial charge in [-0.2, -0.15) is 0 Å². The second kappa shape index (κ2) is 8.29. The fourth-order valence-electron chi connectivity index (χ4n) is 0.692. The molecule has 4 heteroatoms. The average Bonchev–Trinajstić information content (AvgIpc) is 2.16. The maximum absolute atomic E-state index is 10.9. The van der Waals surface area contributed by atoms with E-state index >= 15 is 0 Å². The number of hydrogen-bond acceptors (Lipinski definition) is 4. The Kier molecular flexibility index (Phi) is 7.50. The summed E-state index contributed by atoms with van der Waals surface area (Å²) in [6.45, 7) is 4.39. The van der Waals surface area contributed by atoms with E-state index in [0.717, 1.165) is 25.0 Å². The molecule has 4 nitrogen and oxygen atoms in total. The lowest BCUT2D eigenvalue weighted by Gasteiger charge is -1.98. The molecule has 0 N–H and O–H groups in total. The third kappa shape index (κ3) is 7.34. The highest BCUT2D eigenvalue weighted by atomic mass is 16.5. The Hall–Kier alpha value is -1.32. The highest BCUT2D eigenvalue weighted by molar-refractivity contribution is 5.91. The third-order valence-electron chi connectivity index (χ3n) is 1.38. The van der Waals surface area contributed by atoms with E-state index in [4.69, 9.17) is 4.74 Å². The molecule has 0 saturated carbocycles. The van der Waals surface area contributed by atoms with Crippen molar-refractivity contribution in [1.29, 1.82) is 0 Å². The van der Waals surface area contributed by atoms with E-state index in [0.29, 0.717) is 13.2 Å². The molecule has 0 aromatic heterocycles. The third-order valence-corrected chi connectivity index (χ3v) is 1.38. The molecule has 0 unspecified atom stereocenters. The van der Waals surface area contributed by atoms with Crippen LogP contribution in [-0.4, -0.2) is 25.2 Å². The first-order valence-corrected chi connectivity index (χ1v) is 4.72. The van der Waals surface area contributed by atoms with Crippen molar-refractivity contribution in [2.24, 2.45) is 0 Å². The van der Waals surface area contributed by atoms with Crippen LogP contribution < -0.4 is 0 Å². The van der Waals surface area contributed by atoms with Gasteiger partial charge in [-0.25, -0.2) is 9.59 Å². The van der Waals surface area contributed by atoms with Crippen LogP contribution in [0.5, 0.6) is 0 Å². The lowest BCUT2D eigenvalue weighted by molar-refractivity contribution is -0.140. The molecule has 0 bridgehead atoms. The van der Waals surface area contributed by atoms with Crippen molar-refractivity contribution < 1.29 is 19.1 Å². The molecule has 0 aliphatic heterocycles. The summed E-state index contributed by atoms with van der Waals surface area (Å²) in [7, 11) is 0. The van der Waals surface area contributed by atoms with Crippen LogP contribution in [-0.2, 0) is 19.1 Å². The summed E-state index contributed by atoms with van der Waals surface area (Å²) in [4.78, 5) is 21.7. The summed E-state index contributed by atoms with van der Waals surface area (Å²) >= 11 is 0. The van der Waals surface area contributed by atoms with Crippen LogP contribution in [0.3, 0.4) is 0 Å². The molecule has 0 rings (SSSR count). The molecule has 0 atom stereocenters. The van der Waals surface area contributed by atoms with Gasteiger partial charge >= 0.3 is 11.9 Å². The van der Waals surface area contributed by atoms with Crippen LogP contribution in [0.1, 0.15) is 26.7 Å². The van der Waals surface area contributed by atoms with Gasteiger partial charge in [-0.15, -0.1) is 0 Å². The lowest BCUT2D eigenvalue weighted by atomic mass is 10.4. The topological polar surface area (TPSA) is 52.6 Å². The molecule has 0 fully saturated rings. The first-order valence-electron chi connectivity index (χ1n) is 4.72. The van der Waals surface area contributed by atoms with E-state index in [2.05, 4.69) is 4.74 Å². The normalized spacial score (nSPS) is 10.1. The van der Waals surface area contributed by atoms with Crippen LogP contribution in [0.2, 0.25) is 0 Å². The lowest BCUT2D eigenvalue weighted by Crippen LogP contribution is -2.04. The van der Waals surface area contributed by atoms with Crippen molar-refractivity contribution >= 4 is 11.9 Å². The predicted octanol–water partition coefficient (Wildman–Crippen LogP) is 1.45. The summed E-state index contributed by atoms with van der Waals surface area (Å²) < 4.78 is 9.36. The molecular formula is C10H16O4. The maximum atomic E-state index is 10.9. The van der Waals surface area contributed by atoms with Crippen LogP contribution in [0.25, 0.3) is 0 Å². The van der Waals surface area contributed by atoms with E-state index in [-0.39, 0.29) is 0 Å². The van der Waals surface area contributed by atoms with E-state index in [1.165, 1.54) is 0 Å². The minimum Gasteiger partial charge on any atom is -0.463 e. The van der Waals surface area contributed by atoms with Gasteiger partial charge in [0.2, 0.25) is 0 Å². The van der Waals surface area contributed by atoms with E-state index in [9.17, 15) is 9.59 Å². The molecule has 80 valence electrons. The Balaban J connectivity index is 3.64. The van der Waals surface area contributed by atoms with E-state index in [1.54, 1.807) is 6.92 Å². The van der Waals surface area contributed by atoms with Gasteiger partial charge in [0, 0.05) is 12.2 Å². The largest absolute Gasteiger partial charge is 0.463 e. The van der Waals surface area contributed by atoms with Gasteiger partial charge < -0.3 is 9.47 Å². The molecule has 0 spiro atoms. The number of carbonyl (C=O) groups is 2. The van der Waals surface area contributed by atoms with Crippen molar-refractivity contribution in [1.82, 2.24) is 0 Å². The van der Waals surface area contributed by atoms with E-state index in [1.807, 2.05) is 6.92 Å². The maximum Gasteiger partial charge on any atom is 0.331 e. The summed E-state index contributed by atoms with van der Waals surface area (Å²) in [6.07, 6.45) is 3.94. The van der Waals surface area contributed by atoms with Gasteiger partial charge in [0.1, 0.15) is 0 Å². The van der Waals surface area contributed by atoms with Gasteiger partial charge in [-0.05, 0) is 13.3 Å². The molecule has 0 radical (unpaired) electrons. The molecule has 0 amide bonds. The highest BCUT2D eigenvalue weighted by Gasteiger charge is 1.98. The van der Waals surface area contributed by atoms with Crippen molar-refractivity contribution in [3.8, 4) is 0 Å². The van der Waals surface area contributed by atoms with Crippen LogP contribution >= 0.6 is 0 Å². The minimum atomic E-state index is -0.528. The number of unbranched alkanes of at least 4 members (excludes halogenated alkanes) is 1. The Bertz CT molecular complexity index is 208. The minimum absolute atomic E-state index is 0.300. The zero-order valence-corrected chi connectivity index (χ0v) is 8.62. The Morgan fingerprint density at radius 2 is 1.64 bits per heavy atom. The van der Waals surface area contributed by atoms with Crippen molar-refractivity contribution in [2.45, 2.75) is 26.7 Å². The molecule has 0 aliphatic carbocycles. The Morgan fingerprint density at radius 3 is 2.14 bits per heavy atom. The Labute approximate surface area is 83.9 Å². The van der Waals surface area contributed by atoms with Crippen LogP contribution in [0.15, 0.2) is 12.2 Å². The molecule has 14 heavy (non-hydrogen) atoms. The monoisotopic (exact) mass is 200 g/mol. The zero-order valence-electron chi connectivity index (χ0n) is 8.62. The number of rotatable bonds is 6. The summed E-state index contributed by atoms with van der Waals surface area (Å²) in [6, 6.07) is 0. The van der Waals surface area contributed by atoms with Gasteiger partial charge in [-0.3, -0.25) is 0 Å². The average molecular weight is 200 g/mol. The van der Waals surface area contributed by atoms with Gasteiger partial charge in [0.25, 0.3) is 0 Å². The van der Waals surface area contributed by atoms with Crippen LogP contribution in [0, 0.1) is 0 Å². The quantitative estimate of drug-likeness (QED) is 0.370. The summed E-state index contributed by atoms with van der Waals surface area (Å²) in [5.74, 6) is -1.04. The second-order valence-electron chi connectivity index (χ2n) is 2.61. The molecular weight excluding hydrogens is 184 g/mol. The summed E-state index contributed by atoms with van der Waals surface area (Å²) in [5, 5.41) is 0. The van der Waals surface area contributed by atoms with Gasteiger partial charge in [0.05, 0.1) is 13.2 Å². The van der Waals surface area contributed by atoms with Gasteiger partial charge in [-0.1, -0.05) is 13.3 Å².